The number of nitrogens with zero attached hydrogens (tertiary/aromatic N) is 1. The molecule has 1 unspecified atom stereocenters. The number of amides is 1. The molecule has 4 nitrogen and oxygen atoms in total. The number of hydrogen-bond donors (Lipinski definition) is 1. The molecule has 0 heterocycles. The van der Waals surface area contributed by atoms with Gasteiger partial charge in [0.15, 0.2) is 0 Å². The van der Waals surface area contributed by atoms with Gasteiger partial charge < -0.3 is 10.0 Å². The molecule has 0 rings (SSSR count). The predicted octanol–water partition coefficient (Wildman–Crippen LogP) is 0.575. The van der Waals surface area contributed by atoms with Crippen LogP contribution in [0.2, 0.25) is 0 Å². The number of aliphatic carboxylic acids is 1. The Bertz CT molecular complexity index is 177. The maximum Gasteiger partial charge on any atom is 0.303 e. The van der Waals surface area contributed by atoms with Crippen molar-refractivity contribution < 1.29 is 14.7 Å². The van der Waals surface area contributed by atoms with E-state index in [9.17, 15) is 9.59 Å². The van der Waals surface area contributed by atoms with Crippen molar-refractivity contribution in [1.82, 2.24) is 4.90 Å². The molecule has 1 N–H and O–H groups in total. The number of carbonyl (C=O) groups is 2. The second-order valence-electron chi connectivity index (χ2n) is 3.20. The first-order valence-electron chi connectivity index (χ1n) is 3.85. The van der Waals surface area contributed by atoms with Crippen molar-refractivity contribution in [2.75, 3.05) is 14.1 Å². The zero-order valence-corrected chi connectivity index (χ0v) is 7.70. The zero-order chi connectivity index (χ0) is 9.72. The fraction of sp³-hybridized carbons (Fsp3) is 0.750. The lowest BCUT2D eigenvalue weighted by atomic mass is 10.0. The average Bonchev–Trinajstić information content (AvgIpc) is 1.84. The van der Waals surface area contributed by atoms with Gasteiger partial charge in [0.25, 0.3) is 0 Å². The van der Waals surface area contributed by atoms with Crippen LogP contribution in [0.3, 0.4) is 0 Å². The van der Waals surface area contributed by atoms with Gasteiger partial charge in [-0.2, -0.15) is 0 Å². The Labute approximate surface area is 72.2 Å². The Kier molecular flexibility index (Phi) is 4.33. The Morgan fingerprint density at radius 1 is 1.33 bits per heavy atom. The standard InChI is InChI=1S/C8H15NO3/c1-6(5-8(11)12)4-7(10)9(2)3/h6H,4-5H2,1-3H3,(H,11,12). The maximum absolute atomic E-state index is 11.1. The van der Waals surface area contributed by atoms with Gasteiger partial charge in [-0.3, -0.25) is 9.59 Å². The Morgan fingerprint density at radius 3 is 2.17 bits per heavy atom. The van der Waals surface area contributed by atoms with Crippen LogP contribution in [-0.4, -0.2) is 36.0 Å². The molecular weight excluding hydrogens is 158 g/mol. The summed E-state index contributed by atoms with van der Waals surface area (Å²) in [6.45, 7) is 1.76. The van der Waals surface area contributed by atoms with E-state index in [-0.39, 0.29) is 18.2 Å². The Balaban J connectivity index is 3.76. The van der Waals surface area contributed by atoms with E-state index in [2.05, 4.69) is 0 Å². The van der Waals surface area contributed by atoms with Gasteiger partial charge in [-0.05, 0) is 5.92 Å². The molecule has 0 saturated heterocycles. The van der Waals surface area contributed by atoms with Crippen LogP contribution in [-0.2, 0) is 9.59 Å². The van der Waals surface area contributed by atoms with E-state index in [4.69, 9.17) is 5.11 Å². The van der Waals surface area contributed by atoms with Crippen molar-refractivity contribution in [1.29, 1.82) is 0 Å². The molecular formula is C8H15NO3. The van der Waals surface area contributed by atoms with Gasteiger partial charge in [0.05, 0.1) is 0 Å². The van der Waals surface area contributed by atoms with E-state index >= 15 is 0 Å². The summed E-state index contributed by atoms with van der Waals surface area (Å²) in [5.41, 5.74) is 0. The minimum Gasteiger partial charge on any atom is -0.481 e. The van der Waals surface area contributed by atoms with Gasteiger partial charge in [0.2, 0.25) is 5.91 Å². The summed E-state index contributed by atoms with van der Waals surface area (Å²) in [6, 6.07) is 0. The van der Waals surface area contributed by atoms with Gasteiger partial charge in [0.1, 0.15) is 0 Å². The van der Waals surface area contributed by atoms with Crippen LogP contribution in [0.15, 0.2) is 0 Å². The number of rotatable bonds is 4. The number of carboxylic acid groups (broad SMARTS) is 1. The van der Waals surface area contributed by atoms with Crippen LogP contribution >= 0.6 is 0 Å². The molecule has 1 amide bonds. The van der Waals surface area contributed by atoms with Crippen molar-refractivity contribution >= 4 is 11.9 Å². The van der Waals surface area contributed by atoms with Gasteiger partial charge in [-0.15, -0.1) is 0 Å². The predicted molar refractivity (Wildman–Crippen MR) is 44.7 cm³/mol. The fourth-order valence-electron chi connectivity index (χ4n) is 0.851. The number of carbonyl (C=O) groups excluding carboxylic acids is 1. The molecule has 1 atom stereocenters. The third kappa shape index (κ3) is 4.71. The van der Waals surface area contributed by atoms with Crippen molar-refractivity contribution in [3.8, 4) is 0 Å². The third-order valence-corrected chi connectivity index (χ3v) is 1.54. The molecule has 0 aliphatic carbocycles. The molecule has 0 saturated carbocycles. The average molecular weight is 173 g/mol. The van der Waals surface area contributed by atoms with Crippen molar-refractivity contribution in [2.45, 2.75) is 19.8 Å². The van der Waals surface area contributed by atoms with Gasteiger partial charge in [-0.1, -0.05) is 6.92 Å². The van der Waals surface area contributed by atoms with Crippen molar-refractivity contribution in [3.05, 3.63) is 0 Å². The highest BCUT2D eigenvalue weighted by molar-refractivity contribution is 5.76. The Hall–Kier alpha value is -1.06. The molecule has 0 fully saturated rings. The lowest BCUT2D eigenvalue weighted by Crippen LogP contribution is -2.24. The van der Waals surface area contributed by atoms with E-state index < -0.39 is 5.97 Å². The summed E-state index contributed by atoms with van der Waals surface area (Å²) in [4.78, 5) is 22.8. The molecule has 0 aromatic heterocycles. The first-order chi connectivity index (χ1) is 5.43. The molecule has 0 spiro atoms. The highest BCUT2D eigenvalue weighted by Crippen LogP contribution is 2.08. The molecule has 0 aromatic carbocycles. The summed E-state index contributed by atoms with van der Waals surface area (Å²) >= 11 is 0. The molecule has 70 valence electrons. The summed E-state index contributed by atoms with van der Waals surface area (Å²) in [7, 11) is 3.33. The van der Waals surface area contributed by atoms with Crippen molar-refractivity contribution in [3.63, 3.8) is 0 Å². The lowest BCUT2D eigenvalue weighted by molar-refractivity contribution is -0.138. The monoisotopic (exact) mass is 173 g/mol. The lowest BCUT2D eigenvalue weighted by Gasteiger charge is -2.13. The number of carboxylic acids is 1. The summed E-state index contributed by atoms with van der Waals surface area (Å²) in [5.74, 6) is -0.963. The summed E-state index contributed by atoms with van der Waals surface area (Å²) in [6.07, 6.45) is 0.360. The normalized spacial score (nSPS) is 12.2. The molecule has 4 heteroatoms. The minimum absolute atomic E-state index is 0.0243. The van der Waals surface area contributed by atoms with Gasteiger partial charge in [0, 0.05) is 26.9 Å². The van der Waals surface area contributed by atoms with Gasteiger partial charge >= 0.3 is 5.97 Å². The summed E-state index contributed by atoms with van der Waals surface area (Å²) in [5, 5.41) is 8.41. The summed E-state index contributed by atoms with van der Waals surface area (Å²) < 4.78 is 0. The Morgan fingerprint density at radius 2 is 1.83 bits per heavy atom. The number of hydrogen-bond acceptors (Lipinski definition) is 2. The molecule has 0 aromatic rings. The zero-order valence-electron chi connectivity index (χ0n) is 7.70. The first kappa shape index (κ1) is 10.9. The van der Waals surface area contributed by atoms with Gasteiger partial charge in [-0.25, -0.2) is 0 Å². The van der Waals surface area contributed by atoms with E-state index in [1.54, 1.807) is 21.0 Å². The van der Waals surface area contributed by atoms with E-state index in [0.717, 1.165) is 0 Å². The van der Waals surface area contributed by atoms with Crippen LogP contribution < -0.4 is 0 Å². The van der Waals surface area contributed by atoms with Crippen molar-refractivity contribution in [2.24, 2.45) is 5.92 Å². The van der Waals surface area contributed by atoms with Crippen LogP contribution in [0.1, 0.15) is 19.8 Å². The SMILES string of the molecule is CC(CC(=O)O)CC(=O)N(C)C. The maximum atomic E-state index is 11.1. The van der Waals surface area contributed by atoms with Crippen LogP contribution in [0, 0.1) is 5.92 Å². The molecule has 0 radical (unpaired) electrons. The molecule has 0 bridgehead atoms. The second kappa shape index (κ2) is 4.74. The smallest absolute Gasteiger partial charge is 0.303 e. The largest absolute Gasteiger partial charge is 0.481 e. The highest BCUT2D eigenvalue weighted by Gasteiger charge is 2.13. The van der Waals surface area contributed by atoms with E-state index in [0.29, 0.717) is 6.42 Å². The van der Waals surface area contributed by atoms with Crippen LogP contribution in [0.25, 0.3) is 0 Å². The minimum atomic E-state index is -0.853. The molecule has 12 heavy (non-hydrogen) atoms. The quantitative estimate of drug-likeness (QED) is 0.676. The van der Waals surface area contributed by atoms with E-state index in [1.807, 2.05) is 0 Å². The first-order valence-corrected chi connectivity index (χ1v) is 3.85. The van der Waals surface area contributed by atoms with Crippen LogP contribution in [0.4, 0.5) is 0 Å². The second-order valence-corrected chi connectivity index (χ2v) is 3.20. The highest BCUT2D eigenvalue weighted by atomic mass is 16.4. The topological polar surface area (TPSA) is 57.6 Å². The molecule has 0 aliphatic heterocycles. The third-order valence-electron chi connectivity index (χ3n) is 1.54. The van der Waals surface area contributed by atoms with E-state index in [1.165, 1.54) is 4.90 Å². The van der Waals surface area contributed by atoms with Crippen LogP contribution in [0.5, 0.6) is 0 Å². The molecule has 0 aliphatic rings. The fourth-order valence-corrected chi connectivity index (χ4v) is 0.851.